The van der Waals surface area contributed by atoms with Gasteiger partial charge < -0.3 is 10.7 Å². The van der Waals surface area contributed by atoms with Crippen molar-refractivity contribution in [2.75, 3.05) is 5.73 Å². The van der Waals surface area contributed by atoms with E-state index in [9.17, 15) is 0 Å². The number of aromatic amines is 1. The summed E-state index contributed by atoms with van der Waals surface area (Å²) in [4.78, 5) is 11.1. The zero-order valence-corrected chi connectivity index (χ0v) is 6.36. The summed E-state index contributed by atoms with van der Waals surface area (Å²) in [6.07, 6.45) is 3.46. The summed E-state index contributed by atoms with van der Waals surface area (Å²) in [5.41, 5.74) is 6.38. The minimum Gasteiger partial charge on any atom is -0.384 e. The van der Waals surface area contributed by atoms with Crippen molar-refractivity contribution in [1.29, 1.82) is 0 Å². The number of nitrogens with one attached hydrogen (secondary N) is 1. The van der Waals surface area contributed by atoms with Crippen molar-refractivity contribution >= 4 is 5.82 Å². The SMILES string of the molecule is Nc1ccnc(-c2ccc[nH]2)n1. The van der Waals surface area contributed by atoms with Crippen LogP contribution in [0.2, 0.25) is 0 Å². The van der Waals surface area contributed by atoms with Crippen molar-refractivity contribution < 1.29 is 0 Å². The molecule has 0 atom stereocenters. The summed E-state index contributed by atoms with van der Waals surface area (Å²) in [6.45, 7) is 0. The largest absolute Gasteiger partial charge is 0.384 e. The molecule has 0 fully saturated rings. The molecular weight excluding hydrogens is 152 g/mol. The van der Waals surface area contributed by atoms with Crippen LogP contribution in [0.4, 0.5) is 5.82 Å². The number of hydrogen-bond donors (Lipinski definition) is 2. The molecule has 0 aliphatic rings. The van der Waals surface area contributed by atoms with Gasteiger partial charge in [0.05, 0.1) is 5.69 Å². The van der Waals surface area contributed by atoms with E-state index >= 15 is 0 Å². The Bertz CT molecular complexity index is 366. The molecule has 0 aliphatic carbocycles. The molecule has 0 aromatic carbocycles. The average Bonchev–Trinajstić information content (AvgIpc) is 2.56. The van der Waals surface area contributed by atoms with E-state index in [0.29, 0.717) is 11.6 Å². The fourth-order valence-electron chi connectivity index (χ4n) is 0.972. The van der Waals surface area contributed by atoms with Crippen LogP contribution >= 0.6 is 0 Å². The lowest BCUT2D eigenvalue weighted by Gasteiger charge is -1.95. The Morgan fingerprint density at radius 1 is 1.33 bits per heavy atom. The average molecular weight is 160 g/mol. The molecule has 0 radical (unpaired) electrons. The van der Waals surface area contributed by atoms with Gasteiger partial charge in [0.25, 0.3) is 0 Å². The second-order valence-corrected chi connectivity index (χ2v) is 2.39. The molecule has 2 aromatic rings. The lowest BCUT2D eigenvalue weighted by Crippen LogP contribution is -1.94. The molecular formula is C8H8N4. The monoisotopic (exact) mass is 160 g/mol. The lowest BCUT2D eigenvalue weighted by atomic mass is 10.4. The predicted molar refractivity (Wildman–Crippen MR) is 46.2 cm³/mol. The molecule has 2 rings (SSSR count). The zero-order chi connectivity index (χ0) is 8.39. The molecule has 0 bridgehead atoms. The van der Waals surface area contributed by atoms with Gasteiger partial charge in [0, 0.05) is 12.4 Å². The molecule has 2 heterocycles. The van der Waals surface area contributed by atoms with Crippen LogP contribution in [0, 0.1) is 0 Å². The van der Waals surface area contributed by atoms with E-state index in [1.54, 1.807) is 12.3 Å². The van der Waals surface area contributed by atoms with E-state index in [0.717, 1.165) is 5.69 Å². The first-order valence-electron chi connectivity index (χ1n) is 3.58. The van der Waals surface area contributed by atoms with Crippen LogP contribution in [-0.4, -0.2) is 15.0 Å². The number of nitrogens with two attached hydrogens (primary N) is 1. The van der Waals surface area contributed by atoms with Crippen LogP contribution in [0.1, 0.15) is 0 Å². The van der Waals surface area contributed by atoms with Gasteiger partial charge in [-0.05, 0) is 18.2 Å². The molecule has 0 unspecified atom stereocenters. The molecule has 0 amide bonds. The molecule has 0 aliphatic heterocycles. The number of rotatable bonds is 1. The topological polar surface area (TPSA) is 67.6 Å². The summed E-state index contributed by atoms with van der Waals surface area (Å²) in [5.74, 6) is 1.11. The molecule has 60 valence electrons. The maximum Gasteiger partial charge on any atom is 0.177 e. The number of nitrogens with zero attached hydrogens (tertiary/aromatic N) is 2. The Balaban J connectivity index is 2.48. The molecule has 3 N–H and O–H groups in total. The van der Waals surface area contributed by atoms with Gasteiger partial charge in [-0.15, -0.1) is 0 Å². The van der Waals surface area contributed by atoms with Gasteiger partial charge in [-0.1, -0.05) is 0 Å². The highest BCUT2D eigenvalue weighted by molar-refractivity contribution is 5.50. The van der Waals surface area contributed by atoms with Gasteiger partial charge in [-0.25, -0.2) is 9.97 Å². The predicted octanol–water partition coefficient (Wildman–Crippen LogP) is 1.05. The van der Waals surface area contributed by atoms with Gasteiger partial charge in [-0.3, -0.25) is 0 Å². The first-order valence-corrected chi connectivity index (χ1v) is 3.58. The Labute approximate surface area is 69.5 Å². The minimum atomic E-state index is 0.481. The lowest BCUT2D eigenvalue weighted by molar-refractivity contribution is 1.16. The Hall–Kier alpha value is -1.84. The molecule has 12 heavy (non-hydrogen) atoms. The smallest absolute Gasteiger partial charge is 0.177 e. The molecule has 2 aromatic heterocycles. The molecule has 0 saturated heterocycles. The van der Waals surface area contributed by atoms with Gasteiger partial charge in [-0.2, -0.15) is 0 Å². The summed E-state index contributed by atoms with van der Waals surface area (Å²) in [6, 6.07) is 5.45. The summed E-state index contributed by atoms with van der Waals surface area (Å²) < 4.78 is 0. The van der Waals surface area contributed by atoms with E-state index in [1.807, 2.05) is 18.3 Å². The second-order valence-electron chi connectivity index (χ2n) is 2.39. The highest BCUT2D eigenvalue weighted by atomic mass is 15.0. The fraction of sp³-hybridized carbons (Fsp3) is 0. The van der Waals surface area contributed by atoms with E-state index in [4.69, 9.17) is 5.73 Å². The van der Waals surface area contributed by atoms with Gasteiger partial charge in [0.2, 0.25) is 0 Å². The highest BCUT2D eigenvalue weighted by Crippen LogP contribution is 2.11. The molecule has 0 saturated carbocycles. The number of H-pyrrole nitrogens is 1. The van der Waals surface area contributed by atoms with Crippen LogP contribution < -0.4 is 5.73 Å². The third kappa shape index (κ3) is 1.14. The van der Waals surface area contributed by atoms with Crippen LogP contribution in [0.25, 0.3) is 11.5 Å². The Morgan fingerprint density at radius 3 is 2.92 bits per heavy atom. The minimum absolute atomic E-state index is 0.481. The van der Waals surface area contributed by atoms with Crippen LogP contribution in [0.15, 0.2) is 30.6 Å². The second kappa shape index (κ2) is 2.65. The summed E-state index contributed by atoms with van der Waals surface area (Å²) >= 11 is 0. The van der Waals surface area contributed by atoms with Crippen LogP contribution in [0.3, 0.4) is 0 Å². The van der Waals surface area contributed by atoms with E-state index in [1.165, 1.54) is 0 Å². The summed E-state index contributed by atoms with van der Waals surface area (Å²) in [5, 5.41) is 0. The van der Waals surface area contributed by atoms with Crippen molar-refractivity contribution in [1.82, 2.24) is 15.0 Å². The van der Waals surface area contributed by atoms with Crippen LogP contribution in [0.5, 0.6) is 0 Å². The molecule has 4 heteroatoms. The number of hydrogen-bond acceptors (Lipinski definition) is 3. The van der Waals surface area contributed by atoms with Gasteiger partial charge in [0.15, 0.2) is 5.82 Å². The quantitative estimate of drug-likeness (QED) is 0.655. The number of nitrogen functional groups attached to an aromatic ring is 1. The van der Waals surface area contributed by atoms with Gasteiger partial charge >= 0.3 is 0 Å². The van der Waals surface area contributed by atoms with Crippen molar-refractivity contribution in [2.24, 2.45) is 0 Å². The normalized spacial score (nSPS) is 10.0. The third-order valence-electron chi connectivity index (χ3n) is 1.52. The van der Waals surface area contributed by atoms with Crippen molar-refractivity contribution in [2.45, 2.75) is 0 Å². The Morgan fingerprint density at radius 2 is 2.25 bits per heavy atom. The highest BCUT2D eigenvalue weighted by Gasteiger charge is 1.99. The van der Waals surface area contributed by atoms with Crippen LogP contribution in [-0.2, 0) is 0 Å². The van der Waals surface area contributed by atoms with E-state index in [-0.39, 0.29) is 0 Å². The zero-order valence-electron chi connectivity index (χ0n) is 6.36. The molecule has 4 nitrogen and oxygen atoms in total. The maximum atomic E-state index is 5.50. The summed E-state index contributed by atoms with van der Waals surface area (Å²) in [7, 11) is 0. The van der Waals surface area contributed by atoms with Gasteiger partial charge in [0.1, 0.15) is 5.82 Å². The number of aromatic nitrogens is 3. The third-order valence-corrected chi connectivity index (χ3v) is 1.52. The van der Waals surface area contributed by atoms with Crippen molar-refractivity contribution in [3.63, 3.8) is 0 Å². The maximum absolute atomic E-state index is 5.50. The van der Waals surface area contributed by atoms with Crippen molar-refractivity contribution in [3.8, 4) is 11.5 Å². The first-order chi connectivity index (χ1) is 5.86. The first kappa shape index (κ1) is 6.84. The van der Waals surface area contributed by atoms with Crippen molar-refractivity contribution in [3.05, 3.63) is 30.6 Å². The van der Waals surface area contributed by atoms with E-state index < -0.39 is 0 Å². The standard InChI is InChI=1S/C8H8N4/c9-7-3-5-11-8(12-7)6-2-1-4-10-6/h1-5,10H,(H2,9,11,12). The fourth-order valence-corrected chi connectivity index (χ4v) is 0.972. The van der Waals surface area contributed by atoms with E-state index in [2.05, 4.69) is 15.0 Å². The number of anilines is 1. The Kier molecular flexibility index (Phi) is 1.51. The molecule has 0 spiro atoms.